The summed E-state index contributed by atoms with van der Waals surface area (Å²) in [6.07, 6.45) is -0.534. The fourth-order valence-corrected chi connectivity index (χ4v) is 4.47. The number of hydrogen-bond acceptors (Lipinski definition) is 8. The number of rotatable bonds is 4. The highest BCUT2D eigenvalue weighted by Gasteiger charge is 2.69. The molecule has 3 rings (SSSR count). The molecule has 0 amide bonds. The van der Waals surface area contributed by atoms with Crippen LogP contribution in [0.2, 0.25) is 0 Å². The maximum Gasteiger partial charge on any atom is 0.337 e. The molecule has 2 aliphatic carbocycles. The molecule has 0 saturated carbocycles. The topological polar surface area (TPSA) is 123 Å². The van der Waals surface area contributed by atoms with Crippen LogP contribution in [0.1, 0.15) is 36.8 Å². The summed E-state index contributed by atoms with van der Waals surface area (Å²) in [5, 5.41) is 21.1. The van der Waals surface area contributed by atoms with Crippen molar-refractivity contribution in [3.05, 3.63) is 46.7 Å². The second-order valence-corrected chi connectivity index (χ2v) is 7.27. The van der Waals surface area contributed by atoms with Crippen molar-refractivity contribution in [3.8, 4) is 6.07 Å². The number of carbonyl (C=O) groups excluding carboxylic acids is 3. The highest BCUT2D eigenvalue weighted by molar-refractivity contribution is 5.99. The Morgan fingerprint density at radius 1 is 1.14 bits per heavy atom. The summed E-state index contributed by atoms with van der Waals surface area (Å²) in [5.41, 5.74) is -1.27. The fourth-order valence-electron chi connectivity index (χ4n) is 4.47. The van der Waals surface area contributed by atoms with Gasteiger partial charge < -0.3 is 19.3 Å². The van der Waals surface area contributed by atoms with E-state index in [2.05, 4.69) is 0 Å². The van der Waals surface area contributed by atoms with Gasteiger partial charge in [-0.25, -0.2) is 4.79 Å². The Bertz CT molecular complexity index is 958. The van der Waals surface area contributed by atoms with Gasteiger partial charge in [0.1, 0.15) is 11.7 Å². The minimum atomic E-state index is -1.94. The van der Waals surface area contributed by atoms with Gasteiger partial charge in [0.05, 0.1) is 32.0 Å². The number of nitriles is 1. The van der Waals surface area contributed by atoms with Gasteiger partial charge in [-0.1, -0.05) is 24.3 Å². The molecule has 0 radical (unpaired) electrons. The van der Waals surface area contributed by atoms with Crippen LogP contribution in [0.25, 0.3) is 0 Å². The molecule has 2 aliphatic rings. The first-order valence-electron chi connectivity index (χ1n) is 9.06. The monoisotopic (exact) mass is 399 g/mol. The van der Waals surface area contributed by atoms with Crippen molar-refractivity contribution in [2.24, 2.45) is 11.3 Å². The molecule has 0 spiro atoms. The van der Waals surface area contributed by atoms with E-state index >= 15 is 0 Å². The number of ether oxygens (including phenoxy) is 3. The smallest absolute Gasteiger partial charge is 0.337 e. The van der Waals surface area contributed by atoms with Crippen LogP contribution in [0.4, 0.5) is 0 Å². The summed E-state index contributed by atoms with van der Waals surface area (Å²) >= 11 is 0. The summed E-state index contributed by atoms with van der Waals surface area (Å²) in [5.74, 6) is -6.90. The number of hydrogen-bond donors (Lipinski definition) is 1. The van der Waals surface area contributed by atoms with Crippen molar-refractivity contribution in [2.75, 3.05) is 14.2 Å². The second kappa shape index (κ2) is 7.24. The normalized spacial score (nSPS) is 27.1. The Kier molecular flexibility index (Phi) is 5.09. The maximum absolute atomic E-state index is 13.3. The summed E-state index contributed by atoms with van der Waals surface area (Å²) in [6.45, 7) is 3.26. The van der Waals surface area contributed by atoms with Crippen molar-refractivity contribution in [1.82, 2.24) is 0 Å². The molecule has 29 heavy (non-hydrogen) atoms. The van der Waals surface area contributed by atoms with Gasteiger partial charge in [-0.05, 0) is 25.0 Å². The summed E-state index contributed by atoms with van der Waals surface area (Å²) in [4.78, 5) is 38.5. The van der Waals surface area contributed by atoms with Crippen LogP contribution < -0.4 is 0 Å². The Morgan fingerprint density at radius 3 is 2.28 bits per heavy atom. The van der Waals surface area contributed by atoms with Crippen molar-refractivity contribution >= 4 is 17.9 Å². The average molecular weight is 399 g/mol. The van der Waals surface area contributed by atoms with Gasteiger partial charge in [-0.2, -0.15) is 5.26 Å². The molecule has 152 valence electrons. The molecule has 1 aromatic carbocycles. The molecule has 0 aliphatic heterocycles. The number of nitrogens with zero attached hydrogens (tertiary/aromatic N) is 1. The number of aliphatic hydroxyl groups is 1. The van der Waals surface area contributed by atoms with Gasteiger partial charge in [0.25, 0.3) is 0 Å². The first kappa shape index (κ1) is 20.4. The number of carbonyl (C=O) groups is 3. The number of esters is 3. The van der Waals surface area contributed by atoms with E-state index in [1.807, 2.05) is 6.07 Å². The highest BCUT2D eigenvalue weighted by atomic mass is 16.5. The first-order valence-corrected chi connectivity index (χ1v) is 9.06. The van der Waals surface area contributed by atoms with Gasteiger partial charge in [0.15, 0.2) is 5.41 Å². The quantitative estimate of drug-likeness (QED) is 0.603. The van der Waals surface area contributed by atoms with Crippen molar-refractivity contribution in [1.29, 1.82) is 5.26 Å². The number of aliphatic hydroxyl groups excluding tert-OH is 1. The van der Waals surface area contributed by atoms with Gasteiger partial charge >= 0.3 is 17.9 Å². The third kappa shape index (κ3) is 2.69. The standard InChI is InChI=1S/C21H21NO7/c1-10(2)29-20(26)21(9-22)15-11-7-5-6-8-12(11)16(21)14(19(25)28-4)17(23)13(15)18(24)27-3/h5-8,10,13,15-16,23H,1-4H3/t13-,15+,16+,21-/m0/s1. The first-order chi connectivity index (χ1) is 13.8. The summed E-state index contributed by atoms with van der Waals surface area (Å²) in [6, 6.07) is 8.74. The van der Waals surface area contributed by atoms with E-state index in [4.69, 9.17) is 14.2 Å². The molecule has 0 aromatic heterocycles. The Balaban J connectivity index is 2.41. The number of benzene rings is 1. The van der Waals surface area contributed by atoms with Crippen molar-refractivity contribution < 1.29 is 33.7 Å². The average Bonchev–Trinajstić information content (AvgIpc) is 2.92. The molecule has 0 saturated heterocycles. The van der Waals surface area contributed by atoms with Crippen LogP contribution in [-0.4, -0.2) is 43.3 Å². The molecule has 8 heteroatoms. The summed E-state index contributed by atoms with van der Waals surface area (Å²) < 4.78 is 15.0. The lowest BCUT2D eigenvalue weighted by atomic mass is 9.60. The van der Waals surface area contributed by atoms with E-state index in [-0.39, 0.29) is 5.57 Å². The van der Waals surface area contributed by atoms with Gasteiger partial charge in [0, 0.05) is 11.8 Å². The van der Waals surface area contributed by atoms with E-state index in [0.29, 0.717) is 11.1 Å². The molecule has 4 atom stereocenters. The van der Waals surface area contributed by atoms with Crippen LogP contribution in [0.15, 0.2) is 35.6 Å². The third-order valence-electron chi connectivity index (χ3n) is 5.51. The largest absolute Gasteiger partial charge is 0.511 e. The lowest BCUT2D eigenvalue weighted by molar-refractivity contribution is -0.161. The van der Waals surface area contributed by atoms with E-state index in [9.17, 15) is 24.8 Å². The molecular weight excluding hydrogens is 378 g/mol. The predicted octanol–water partition coefficient (Wildman–Crippen LogP) is 2.12. The van der Waals surface area contributed by atoms with Crippen LogP contribution in [0.3, 0.4) is 0 Å². The molecule has 1 aromatic rings. The van der Waals surface area contributed by atoms with Crippen LogP contribution in [-0.2, 0) is 28.6 Å². The molecule has 0 heterocycles. The second-order valence-electron chi connectivity index (χ2n) is 7.27. The van der Waals surface area contributed by atoms with Crippen LogP contribution >= 0.6 is 0 Å². The highest BCUT2D eigenvalue weighted by Crippen LogP contribution is 2.65. The van der Waals surface area contributed by atoms with Crippen molar-refractivity contribution in [2.45, 2.75) is 31.8 Å². The maximum atomic E-state index is 13.3. The molecular formula is C21H21NO7. The predicted molar refractivity (Wildman–Crippen MR) is 98.4 cm³/mol. The molecule has 1 N–H and O–H groups in total. The Labute approximate surface area is 167 Å². The molecule has 8 nitrogen and oxygen atoms in total. The zero-order chi connectivity index (χ0) is 21.5. The van der Waals surface area contributed by atoms with E-state index in [1.165, 1.54) is 0 Å². The molecule has 0 fully saturated rings. The van der Waals surface area contributed by atoms with Crippen LogP contribution in [0.5, 0.6) is 0 Å². The zero-order valence-corrected chi connectivity index (χ0v) is 16.5. The van der Waals surface area contributed by atoms with E-state index in [0.717, 1.165) is 14.2 Å². The van der Waals surface area contributed by atoms with Gasteiger partial charge in [-0.3, -0.25) is 9.59 Å². The number of methoxy groups -OCH3 is 2. The zero-order valence-electron chi connectivity index (χ0n) is 16.5. The summed E-state index contributed by atoms with van der Waals surface area (Å²) in [7, 11) is 2.24. The Hall–Kier alpha value is -3.34. The van der Waals surface area contributed by atoms with E-state index < -0.39 is 52.9 Å². The third-order valence-corrected chi connectivity index (χ3v) is 5.51. The lowest BCUT2D eigenvalue weighted by Crippen LogP contribution is -2.49. The minimum Gasteiger partial charge on any atom is -0.511 e. The van der Waals surface area contributed by atoms with Gasteiger partial charge in [-0.15, -0.1) is 0 Å². The van der Waals surface area contributed by atoms with Crippen LogP contribution in [0, 0.1) is 22.7 Å². The number of fused-ring (bicyclic) bond motifs is 5. The SMILES string of the molecule is COC(=O)C1=C(O)[C@@H](C(=O)OC)[C@H]2c3ccccc3[C@H]1[C@@]2(C#N)C(=O)OC(C)C. The van der Waals surface area contributed by atoms with Crippen molar-refractivity contribution in [3.63, 3.8) is 0 Å². The molecule has 0 unspecified atom stereocenters. The Morgan fingerprint density at radius 2 is 1.76 bits per heavy atom. The lowest BCUT2D eigenvalue weighted by Gasteiger charge is -2.40. The van der Waals surface area contributed by atoms with E-state index in [1.54, 1.807) is 38.1 Å². The fraction of sp³-hybridized carbons (Fsp3) is 0.429. The van der Waals surface area contributed by atoms with Gasteiger partial charge in [0.2, 0.25) is 0 Å². The minimum absolute atomic E-state index is 0.314. The molecule has 2 bridgehead atoms.